The van der Waals surface area contributed by atoms with Gasteiger partial charge in [-0.2, -0.15) is 0 Å². The quantitative estimate of drug-likeness (QED) is 0.821. The molecule has 1 N–H and O–H groups in total. The van der Waals surface area contributed by atoms with Crippen molar-refractivity contribution < 1.29 is 14.3 Å². The lowest BCUT2D eigenvalue weighted by atomic mass is 10.1. The highest BCUT2D eigenvalue weighted by Gasteiger charge is 2.27. The molecule has 7 nitrogen and oxygen atoms in total. The number of ether oxygens (including phenoxy) is 1. The lowest BCUT2D eigenvalue weighted by Gasteiger charge is -2.31. The summed E-state index contributed by atoms with van der Waals surface area (Å²) < 4.78 is 6.65. The van der Waals surface area contributed by atoms with Gasteiger partial charge in [0.25, 0.3) is 5.56 Å². The fourth-order valence-electron chi connectivity index (χ4n) is 3.20. The lowest BCUT2D eigenvalue weighted by Crippen LogP contribution is -2.42. The number of rotatable bonds is 4. The maximum Gasteiger partial charge on any atom is 0.326 e. The Bertz CT molecular complexity index is 958. The standard InChI is InChI=1S/C21H25N3O4/c1-14-10-16-19(20(27)24(14)13-18(26)28-21(2,3)4)22-17(25)12-23(16)11-15-8-6-5-7-9-15/h5-10H,11-13H2,1-4H3,(H,22,25). The Hall–Kier alpha value is -3.09. The number of carbonyl (C=O) groups excluding carboxylic acids is 2. The van der Waals surface area contributed by atoms with Crippen LogP contribution in [0.4, 0.5) is 11.4 Å². The number of carbonyl (C=O) groups is 2. The van der Waals surface area contributed by atoms with Gasteiger partial charge in [-0.1, -0.05) is 30.3 Å². The van der Waals surface area contributed by atoms with E-state index in [1.54, 1.807) is 27.7 Å². The molecule has 28 heavy (non-hydrogen) atoms. The first-order chi connectivity index (χ1) is 13.1. The van der Waals surface area contributed by atoms with Crippen molar-refractivity contribution >= 4 is 23.3 Å². The highest BCUT2D eigenvalue weighted by Crippen LogP contribution is 2.28. The van der Waals surface area contributed by atoms with Gasteiger partial charge >= 0.3 is 5.97 Å². The summed E-state index contributed by atoms with van der Waals surface area (Å²) in [5.41, 5.74) is 1.48. The molecular formula is C21H25N3O4. The predicted molar refractivity (Wildman–Crippen MR) is 107 cm³/mol. The van der Waals surface area contributed by atoms with Crippen LogP contribution in [-0.2, 0) is 27.4 Å². The van der Waals surface area contributed by atoms with Crippen molar-refractivity contribution in [2.45, 2.75) is 46.4 Å². The molecule has 1 aliphatic heterocycles. The largest absolute Gasteiger partial charge is 0.459 e. The van der Waals surface area contributed by atoms with Crippen molar-refractivity contribution in [3.8, 4) is 0 Å². The number of esters is 1. The van der Waals surface area contributed by atoms with Crippen molar-refractivity contribution in [3.63, 3.8) is 0 Å². The molecule has 1 aromatic carbocycles. The first kappa shape index (κ1) is 19.7. The zero-order valence-electron chi connectivity index (χ0n) is 16.6. The van der Waals surface area contributed by atoms with E-state index >= 15 is 0 Å². The third-order valence-electron chi connectivity index (χ3n) is 4.35. The average Bonchev–Trinajstić information content (AvgIpc) is 2.59. The molecule has 148 valence electrons. The first-order valence-electron chi connectivity index (χ1n) is 9.19. The number of aryl methyl sites for hydroxylation is 1. The molecule has 0 unspecified atom stereocenters. The van der Waals surface area contributed by atoms with Crippen molar-refractivity contribution in [2.75, 3.05) is 16.8 Å². The number of amides is 1. The van der Waals surface area contributed by atoms with Crippen LogP contribution in [-0.4, -0.2) is 28.6 Å². The summed E-state index contributed by atoms with van der Waals surface area (Å²) in [6, 6.07) is 11.6. The van der Waals surface area contributed by atoms with Gasteiger partial charge in [0.2, 0.25) is 5.91 Å². The van der Waals surface area contributed by atoms with E-state index in [1.807, 2.05) is 41.3 Å². The van der Waals surface area contributed by atoms with Crippen LogP contribution in [0.25, 0.3) is 0 Å². The summed E-state index contributed by atoms with van der Waals surface area (Å²) in [4.78, 5) is 39.2. The second-order valence-corrected chi connectivity index (χ2v) is 7.91. The topological polar surface area (TPSA) is 80.6 Å². The summed E-state index contributed by atoms with van der Waals surface area (Å²) in [6.07, 6.45) is 0. The van der Waals surface area contributed by atoms with Gasteiger partial charge in [0.05, 0.1) is 12.2 Å². The molecule has 0 bridgehead atoms. The van der Waals surface area contributed by atoms with E-state index in [-0.39, 0.29) is 24.7 Å². The number of benzene rings is 1. The number of nitrogens with zero attached hydrogens (tertiary/aromatic N) is 2. The van der Waals surface area contributed by atoms with Gasteiger partial charge in [-0.25, -0.2) is 0 Å². The van der Waals surface area contributed by atoms with Crippen LogP contribution in [0.15, 0.2) is 41.2 Å². The van der Waals surface area contributed by atoms with Crippen LogP contribution < -0.4 is 15.8 Å². The van der Waals surface area contributed by atoms with Crippen molar-refractivity contribution in [1.82, 2.24) is 4.57 Å². The molecule has 0 aliphatic carbocycles. The Morgan fingerprint density at radius 2 is 1.86 bits per heavy atom. The zero-order chi connectivity index (χ0) is 20.5. The molecule has 1 aromatic heterocycles. The van der Waals surface area contributed by atoms with Crippen LogP contribution in [0.5, 0.6) is 0 Å². The fraction of sp³-hybridized carbons (Fsp3) is 0.381. The van der Waals surface area contributed by atoms with Crippen molar-refractivity contribution in [1.29, 1.82) is 0 Å². The maximum atomic E-state index is 13.0. The third kappa shape index (κ3) is 4.42. The molecule has 1 aliphatic rings. The summed E-state index contributed by atoms with van der Waals surface area (Å²) in [6.45, 7) is 7.55. The Balaban J connectivity index is 1.94. The Kier molecular flexibility index (Phi) is 5.27. The van der Waals surface area contributed by atoms with Gasteiger partial charge in [0.15, 0.2) is 0 Å². The number of anilines is 2. The maximum absolute atomic E-state index is 13.0. The molecule has 0 saturated carbocycles. The second-order valence-electron chi connectivity index (χ2n) is 7.91. The summed E-state index contributed by atoms with van der Waals surface area (Å²) in [5.74, 6) is -0.755. The van der Waals surface area contributed by atoms with Gasteiger partial charge in [-0.3, -0.25) is 19.0 Å². The molecule has 3 rings (SSSR count). The van der Waals surface area contributed by atoms with E-state index in [4.69, 9.17) is 4.74 Å². The lowest BCUT2D eigenvalue weighted by molar-refractivity contribution is -0.155. The van der Waals surface area contributed by atoms with Crippen LogP contribution in [0, 0.1) is 6.92 Å². The SMILES string of the molecule is Cc1cc2c(c(=O)n1CC(=O)OC(C)(C)C)NC(=O)CN2Cc1ccccc1. The molecule has 0 atom stereocenters. The highest BCUT2D eigenvalue weighted by molar-refractivity contribution is 6.00. The average molecular weight is 383 g/mol. The van der Waals surface area contributed by atoms with Gasteiger partial charge in [-0.15, -0.1) is 0 Å². The minimum absolute atomic E-state index is 0.164. The molecule has 2 aromatic rings. The monoisotopic (exact) mass is 383 g/mol. The van der Waals surface area contributed by atoms with Crippen LogP contribution in [0.1, 0.15) is 32.0 Å². The van der Waals surface area contributed by atoms with E-state index in [2.05, 4.69) is 5.32 Å². The van der Waals surface area contributed by atoms with Gasteiger partial charge < -0.3 is 15.0 Å². The van der Waals surface area contributed by atoms with Crippen LogP contribution >= 0.6 is 0 Å². The van der Waals surface area contributed by atoms with Crippen LogP contribution in [0.2, 0.25) is 0 Å². The smallest absolute Gasteiger partial charge is 0.326 e. The Labute approximate surface area is 163 Å². The molecule has 7 heteroatoms. The molecule has 0 radical (unpaired) electrons. The second kappa shape index (κ2) is 7.50. The molecule has 0 saturated heterocycles. The normalized spacial score (nSPS) is 13.7. The fourth-order valence-corrected chi connectivity index (χ4v) is 3.20. The first-order valence-corrected chi connectivity index (χ1v) is 9.19. The predicted octanol–water partition coefficient (Wildman–Crippen LogP) is 2.46. The molecule has 2 heterocycles. The molecule has 0 fully saturated rings. The van der Waals surface area contributed by atoms with Gasteiger partial charge in [0.1, 0.15) is 17.8 Å². The van der Waals surface area contributed by atoms with E-state index in [9.17, 15) is 14.4 Å². The number of aromatic nitrogens is 1. The van der Waals surface area contributed by atoms with Gasteiger partial charge in [0, 0.05) is 12.2 Å². The van der Waals surface area contributed by atoms with Crippen LogP contribution in [0.3, 0.4) is 0 Å². The number of pyridine rings is 1. The third-order valence-corrected chi connectivity index (χ3v) is 4.35. The molecule has 0 spiro atoms. The molecule has 1 amide bonds. The summed E-state index contributed by atoms with van der Waals surface area (Å²) >= 11 is 0. The van der Waals surface area contributed by atoms with Crippen molar-refractivity contribution in [2.24, 2.45) is 0 Å². The number of fused-ring (bicyclic) bond motifs is 1. The Morgan fingerprint density at radius 3 is 2.50 bits per heavy atom. The van der Waals surface area contributed by atoms with E-state index in [1.165, 1.54) is 4.57 Å². The number of hydrogen-bond donors (Lipinski definition) is 1. The molecular weight excluding hydrogens is 358 g/mol. The zero-order valence-corrected chi connectivity index (χ0v) is 16.6. The van der Waals surface area contributed by atoms with E-state index in [0.29, 0.717) is 17.9 Å². The number of hydrogen-bond acceptors (Lipinski definition) is 5. The minimum atomic E-state index is -0.635. The van der Waals surface area contributed by atoms with E-state index in [0.717, 1.165) is 5.56 Å². The number of nitrogens with one attached hydrogen (secondary N) is 1. The van der Waals surface area contributed by atoms with Gasteiger partial charge in [-0.05, 0) is 39.3 Å². The Morgan fingerprint density at radius 1 is 1.18 bits per heavy atom. The van der Waals surface area contributed by atoms with Crippen molar-refractivity contribution in [3.05, 3.63) is 58.0 Å². The highest BCUT2D eigenvalue weighted by atomic mass is 16.6. The minimum Gasteiger partial charge on any atom is -0.459 e. The summed E-state index contributed by atoms with van der Waals surface area (Å²) in [7, 11) is 0. The van der Waals surface area contributed by atoms with E-state index < -0.39 is 17.1 Å². The summed E-state index contributed by atoms with van der Waals surface area (Å²) in [5, 5.41) is 2.67.